The third kappa shape index (κ3) is 5.00. The van der Waals surface area contributed by atoms with Crippen LogP contribution in [0.3, 0.4) is 0 Å². The summed E-state index contributed by atoms with van der Waals surface area (Å²) in [5.74, 6) is 2.66. The van der Waals surface area contributed by atoms with Crippen molar-refractivity contribution in [2.45, 2.75) is 17.7 Å². The molecule has 0 atom stereocenters. The Hall–Kier alpha value is -3.46. The molecule has 160 valence electrons. The van der Waals surface area contributed by atoms with E-state index in [0.29, 0.717) is 29.9 Å². The number of carbonyl (C=O) groups is 1. The molecule has 9 heteroatoms. The minimum atomic E-state index is -0.184. The number of para-hydroxylation sites is 1. The van der Waals surface area contributed by atoms with Gasteiger partial charge in [-0.15, -0.1) is 16.9 Å². The second kappa shape index (κ2) is 9.57. The van der Waals surface area contributed by atoms with E-state index in [0.717, 1.165) is 21.8 Å². The zero-order chi connectivity index (χ0) is 21.6. The number of hydrogen-bond donors (Lipinski definition) is 1. The van der Waals surface area contributed by atoms with Crippen LogP contribution < -0.4 is 14.8 Å². The van der Waals surface area contributed by atoms with E-state index in [1.807, 2.05) is 42.5 Å². The number of amides is 1. The molecular weight excluding hydrogens is 418 g/mol. The highest BCUT2D eigenvalue weighted by atomic mass is 32.2. The molecule has 1 amide bonds. The highest BCUT2D eigenvalue weighted by molar-refractivity contribution is 7.99. The predicted octanol–water partition coefficient (Wildman–Crippen LogP) is 5.01. The lowest BCUT2D eigenvalue weighted by Crippen LogP contribution is -2.11. The highest BCUT2D eigenvalue weighted by Crippen LogP contribution is 2.33. The van der Waals surface area contributed by atoms with E-state index in [4.69, 9.17) is 18.3 Å². The number of carbonyl (C=O) groups excluding carboxylic acids is 1. The molecular formula is C22H21N3O5S. The third-order valence-electron chi connectivity index (χ3n) is 4.49. The van der Waals surface area contributed by atoms with E-state index in [9.17, 15) is 4.79 Å². The Morgan fingerprint density at radius 2 is 1.90 bits per heavy atom. The van der Waals surface area contributed by atoms with E-state index >= 15 is 0 Å². The van der Waals surface area contributed by atoms with Crippen molar-refractivity contribution in [1.82, 2.24) is 10.2 Å². The van der Waals surface area contributed by atoms with Crippen molar-refractivity contribution in [3.8, 4) is 23.1 Å². The molecule has 0 unspecified atom stereocenters. The highest BCUT2D eigenvalue weighted by Gasteiger charge is 2.16. The summed E-state index contributed by atoms with van der Waals surface area (Å²) in [6.07, 6.45) is 1.07. The number of thioether (sulfide) groups is 1. The molecule has 0 saturated carbocycles. The van der Waals surface area contributed by atoms with Crippen molar-refractivity contribution in [2.24, 2.45) is 0 Å². The lowest BCUT2D eigenvalue weighted by Gasteiger charge is -2.03. The quantitative estimate of drug-likeness (QED) is 0.287. The van der Waals surface area contributed by atoms with E-state index in [2.05, 4.69) is 15.5 Å². The van der Waals surface area contributed by atoms with Crippen molar-refractivity contribution < 1.29 is 23.1 Å². The maximum Gasteiger partial charge on any atom is 0.322 e. The van der Waals surface area contributed by atoms with Crippen LogP contribution in [-0.2, 0) is 4.79 Å². The van der Waals surface area contributed by atoms with Crippen LogP contribution in [-0.4, -0.2) is 36.1 Å². The number of nitrogens with one attached hydrogen (secondary N) is 1. The van der Waals surface area contributed by atoms with E-state index in [1.165, 1.54) is 0 Å². The summed E-state index contributed by atoms with van der Waals surface area (Å²) in [4.78, 5) is 13.3. The molecule has 2 heterocycles. The normalized spacial score (nSPS) is 10.9. The average molecular weight is 439 g/mol. The largest absolute Gasteiger partial charge is 0.497 e. The maximum atomic E-state index is 12.2. The zero-order valence-electron chi connectivity index (χ0n) is 17.1. The number of aromatic nitrogens is 2. The van der Waals surface area contributed by atoms with Crippen LogP contribution in [0.25, 0.3) is 22.6 Å². The van der Waals surface area contributed by atoms with Gasteiger partial charge < -0.3 is 18.3 Å². The topological polar surface area (TPSA) is 99.6 Å². The van der Waals surface area contributed by atoms with Crippen molar-refractivity contribution >= 4 is 34.7 Å². The first-order chi connectivity index (χ1) is 15.2. The van der Waals surface area contributed by atoms with E-state index in [1.54, 1.807) is 32.0 Å². The molecule has 1 N–H and O–H groups in total. The molecule has 0 spiro atoms. The van der Waals surface area contributed by atoms with Gasteiger partial charge in [-0.3, -0.25) is 10.1 Å². The Bertz CT molecular complexity index is 1170. The lowest BCUT2D eigenvalue weighted by atomic mass is 10.2. The first kappa shape index (κ1) is 20.8. The molecule has 8 nitrogen and oxygen atoms in total. The van der Waals surface area contributed by atoms with Crippen LogP contribution >= 0.6 is 11.8 Å². The van der Waals surface area contributed by atoms with Crippen molar-refractivity contribution in [1.29, 1.82) is 0 Å². The minimum Gasteiger partial charge on any atom is -0.497 e. The van der Waals surface area contributed by atoms with Crippen molar-refractivity contribution in [3.63, 3.8) is 0 Å². The van der Waals surface area contributed by atoms with Gasteiger partial charge in [-0.1, -0.05) is 17.2 Å². The first-order valence-electron chi connectivity index (χ1n) is 9.63. The summed E-state index contributed by atoms with van der Waals surface area (Å²) in [6, 6.07) is 15.2. The fourth-order valence-corrected chi connectivity index (χ4v) is 3.81. The van der Waals surface area contributed by atoms with Crippen LogP contribution in [0.2, 0.25) is 0 Å². The monoisotopic (exact) mass is 439 g/mol. The second-order valence-electron chi connectivity index (χ2n) is 6.58. The Morgan fingerprint density at radius 1 is 1.06 bits per heavy atom. The third-order valence-corrected chi connectivity index (χ3v) is 5.58. The van der Waals surface area contributed by atoms with Gasteiger partial charge in [0, 0.05) is 16.7 Å². The lowest BCUT2D eigenvalue weighted by molar-refractivity contribution is -0.116. The number of methoxy groups -OCH3 is 2. The zero-order valence-corrected chi connectivity index (χ0v) is 17.9. The molecule has 2 aromatic heterocycles. The van der Waals surface area contributed by atoms with Gasteiger partial charge in [0.05, 0.1) is 14.2 Å². The molecule has 0 aliphatic heterocycles. The van der Waals surface area contributed by atoms with Gasteiger partial charge in [0.1, 0.15) is 5.75 Å². The number of ether oxygens (including phenoxy) is 2. The van der Waals surface area contributed by atoms with Gasteiger partial charge in [-0.25, -0.2) is 0 Å². The summed E-state index contributed by atoms with van der Waals surface area (Å²) in [6.45, 7) is 0. The molecule has 2 aromatic carbocycles. The molecule has 4 aromatic rings. The first-order valence-corrected chi connectivity index (χ1v) is 10.6. The summed E-state index contributed by atoms with van der Waals surface area (Å²) < 4.78 is 21.8. The number of hydrogen-bond acceptors (Lipinski definition) is 8. The Kier molecular flexibility index (Phi) is 6.42. The number of benzene rings is 2. The van der Waals surface area contributed by atoms with Gasteiger partial charge in [0.25, 0.3) is 5.89 Å². The molecule has 0 radical (unpaired) electrons. The molecule has 0 fully saturated rings. The Labute approximate surface area is 182 Å². The fraction of sp³-hybridized carbons (Fsp3) is 0.227. The Morgan fingerprint density at radius 3 is 2.68 bits per heavy atom. The van der Waals surface area contributed by atoms with Gasteiger partial charge in [0.2, 0.25) is 5.91 Å². The molecule has 0 aliphatic rings. The Balaban J connectivity index is 1.29. The van der Waals surface area contributed by atoms with Crippen LogP contribution in [0.15, 0.2) is 62.3 Å². The average Bonchev–Trinajstić information content (AvgIpc) is 3.43. The van der Waals surface area contributed by atoms with Crippen LogP contribution in [0.5, 0.6) is 11.5 Å². The van der Waals surface area contributed by atoms with Crippen LogP contribution in [0, 0.1) is 0 Å². The van der Waals surface area contributed by atoms with Crippen LogP contribution in [0.1, 0.15) is 12.8 Å². The molecule has 0 saturated heterocycles. The molecule has 0 aliphatic carbocycles. The van der Waals surface area contributed by atoms with Gasteiger partial charge >= 0.3 is 6.01 Å². The summed E-state index contributed by atoms with van der Waals surface area (Å²) >= 11 is 1.68. The smallest absolute Gasteiger partial charge is 0.322 e. The predicted molar refractivity (Wildman–Crippen MR) is 118 cm³/mol. The number of nitrogens with zero attached hydrogens (tertiary/aromatic N) is 2. The second-order valence-corrected chi connectivity index (χ2v) is 7.75. The summed E-state index contributed by atoms with van der Waals surface area (Å²) in [7, 11) is 3.22. The molecule has 4 rings (SSSR count). The van der Waals surface area contributed by atoms with Crippen molar-refractivity contribution in [2.75, 3.05) is 25.3 Å². The van der Waals surface area contributed by atoms with Crippen LogP contribution in [0.4, 0.5) is 6.01 Å². The SMILES string of the molecule is COc1ccc(SCCCC(=O)Nc2nnc(-c3cc4cccc(OC)c4o3)o2)cc1. The van der Waals surface area contributed by atoms with Gasteiger partial charge in [-0.05, 0) is 48.6 Å². The number of anilines is 1. The molecule has 0 bridgehead atoms. The van der Waals surface area contributed by atoms with Crippen molar-refractivity contribution in [3.05, 3.63) is 48.5 Å². The van der Waals surface area contributed by atoms with E-state index < -0.39 is 0 Å². The van der Waals surface area contributed by atoms with E-state index in [-0.39, 0.29) is 17.8 Å². The minimum absolute atomic E-state index is 0.0372. The fourth-order valence-electron chi connectivity index (χ4n) is 2.95. The molecule has 31 heavy (non-hydrogen) atoms. The maximum absolute atomic E-state index is 12.2. The van der Waals surface area contributed by atoms with Gasteiger partial charge in [0.15, 0.2) is 17.1 Å². The van der Waals surface area contributed by atoms with Gasteiger partial charge in [-0.2, -0.15) is 0 Å². The number of fused-ring (bicyclic) bond motifs is 1. The standard InChI is InChI=1S/C22H21N3O5S/c1-27-15-8-10-16(11-9-15)31-12-4-7-19(26)23-22-25-24-21(30-22)18-13-14-5-3-6-17(28-2)20(14)29-18/h3,5-6,8-11,13H,4,7,12H2,1-2H3,(H,23,25,26). The number of rotatable bonds is 9. The number of furan rings is 1. The summed E-state index contributed by atoms with van der Waals surface area (Å²) in [5.41, 5.74) is 0.596. The summed E-state index contributed by atoms with van der Waals surface area (Å²) in [5, 5.41) is 11.3.